The second-order valence-corrected chi connectivity index (χ2v) is 7.17. The SMILES string of the molecule is CC(NC(=O)c1cccs1)C(=O)NCCc1cc(Cl)c2c(c1)OCCO2. The van der Waals surface area contributed by atoms with Crippen molar-refractivity contribution in [3.05, 3.63) is 45.1 Å². The molecule has 26 heavy (non-hydrogen) atoms. The first kappa shape index (κ1) is 18.5. The van der Waals surface area contributed by atoms with Gasteiger partial charge in [-0.25, -0.2) is 0 Å². The van der Waals surface area contributed by atoms with Crippen LogP contribution in [-0.4, -0.2) is 37.6 Å². The summed E-state index contributed by atoms with van der Waals surface area (Å²) in [7, 11) is 0. The van der Waals surface area contributed by atoms with E-state index in [0.29, 0.717) is 47.6 Å². The third-order valence-electron chi connectivity index (χ3n) is 3.86. The number of carbonyl (C=O) groups is 2. The van der Waals surface area contributed by atoms with Crippen molar-refractivity contribution in [1.29, 1.82) is 0 Å². The second-order valence-electron chi connectivity index (χ2n) is 5.82. The van der Waals surface area contributed by atoms with Crippen LogP contribution >= 0.6 is 22.9 Å². The van der Waals surface area contributed by atoms with E-state index < -0.39 is 6.04 Å². The van der Waals surface area contributed by atoms with Gasteiger partial charge in [-0.15, -0.1) is 11.3 Å². The number of hydrogen-bond donors (Lipinski definition) is 2. The zero-order valence-corrected chi connectivity index (χ0v) is 15.8. The Morgan fingerprint density at radius 1 is 1.31 bits per heavy atom. The largest absolute Gasteiger partial charge is 0.486 e. The Morgan fingerprint density at radius 3 is 2.88 bits per heavy atom. The predicted octanol–water partition coefficient (Wildman–Crippen LogP) is 2.65. The van der Waals surface area contributed by atoms with Gasteiger partial charge in [0, 0.05) is 6.54 Å². The van der Waals surface area contributed by atoms with Crippen LogP contribution in [0.1, 0.15) is 22.2 Å². The molecule has 0 fully saturated rings. The Kier molecular flexibility index (Phi) is 6.00. The molecule has 1 aromatic heterocycles. The van der Waals surface area contributed by atoms with Gasteiger partial charge in [-0.3, -0.25) is 9.59 Å². The molecule has 3 rings (SSSR count). The molecule has 1 aliphatic heterocycles. The van der Waals surface area contributed by atoms with E-state index >= 15 is 0 Å². The van der Waals surface area contributed by atoms with Gasteiger partial charge in [0.1, 0.15) is 19.3 Å². The number of amides is 2. The van der Waals surface area contributed by atoms with Crippen LogP contribution in [0, 0.1) is 0 Å². The Labute approximate surface area is 160 Å². The fraction of sp³-hybridized carbons (Fsp3) is 0.333. The first-order valence-corrected chi connectivity index (χ1v) is 9.50. The van der Waals surface area contributed by atoms with E-state index in [4.69, 9.17) is 21.1 Å². The van der Waals surface area contributed by atoms with Gasteiger partial charge in [-0.1, -0.05) is 17.7 Å². The molecular formula is C18H19ClN2O4S. The van der Waals surface area contributed by atoms with E-state index in [1.165, 1.54) is 11.3 Å². The fourth-order valence-corrected chi connectivity index (χ4v) is 3.45. The van der Waals surface area contributed by atoms with Gasteiger partial charge in [0.15, 0.2) is 11.5 Å². The highest BCUT2D eigenvalue weighted by Crippen LogP contribution is 2.38. The van der Waals surface area contributed by atoms with Crippen molar-refractivity contribution in [2.45, 2.75) is 19.4 Å². The standard InChI is InChI=1S/C18H19ClN2O4S/c1-11(21-18(23)15-3-2-8-26-15)17(22)20-5-4-12-9-13(19)16-14(10-12)24-6-7-25-16/h2-3,8-11H,4-7H2,1H3,(H,20,22)(H,21,23). The third kappa shape index (κ3) is 4.47. The molecule has 0 radical (unpaired) electrons. The maximum atomic E-state index is 12.1. The average molecular weight is 395 g/mol. The molecule has 1 unspecified atom stereocenters. The van der Waals surface area contributed by atoms with E-state index in [0.717, 1.165) is 5.56 Å². The number of halogens is 1. The predicted molar refractivity (Wildman–Crippen MR) is 100 cm³/mol. The molecule has 0 saturated heterocycles. The van der Waals surface area contributed by atoms with Crippen molar-refractivity contribution < 1.29 is 19.1 Å². The minimum atomic E-state index is -0.617. The van der Waals surface area contributed by atoms with Gasteiger partial charge in [-0.05, 0) is 42.5 Å². The Bertz CT molecular complexity index is 795. The van der Waals surface area contributed by atoms with Gasteiger partial charge in [0.05, 0.1) is 9.90 Å². The lowest BCUT2D eigenvalue weighted by molar-refractivity contribution is -0.122. The number of carbonyl (C=O) groups excluding carboxylic acids is 2. The van der Waals surface area contributed by atoms with E-state index in [-0.39, 0.29) is 11.8 Å². The first-order chi connectivity index (χ1) is 12.5. The van der Waals surface area contributed by atoms with E-state index in [1.54, 1.807) is 19.1 Å². The summed E-state index contributed by atoms with van der Waals surface area (Å²) in [6, 6.07) is 6.57. The minimum absolute atomic E-state index is 0.237. The maximum absolute atomic E-state index is 12.1. The van der Waals surface area contributed by atoms with E-state index in [9.17, 15) is 9.59 Å². The van der Waals surface area contributed by atoms with Gasteiger partial charge < -0.3 is 20.1 Å². The molecule has 2 N–H and O–H groups in total. The minimum Gasteiger partial charge on any atom is -0.486 e. The number of thiophene rings is 1. The molecule has 2 heterocycles. The number of hydrogen-bond acceptors (Lipinski definition) is 5. The summed E-state index contributed by atoms with van der Waals surface area (Å²) in [5.41, 5.74) is 0.940. The van der Waals surface area contributed by atoms with Crippen molar-refractivity contribution in [2.24, 2.45) is 0 Å². The molecule has 1 atom stereocenters. The van der Waals surface area contributed by atoms with Crippen molar-refractivity contribution in [3.63, 3.8) is 0 Å². The molecule has 2 amide bonds. The highest BCUT2D eigenvalue weighted by Gasteiger charge is 2.18. The van der Waals surface area contributed by atoms with Crippen molar-refractivity contribution in [2.75, 3.05) is 19.8 Å². The van der Waals surface area contributed by atoms with Crippen LogP contribution in [0.15, 0.2) is 29.6 Å². The molecule has 0 spiro atoms. The molecule has 2 aromatic rings. The molecule has 1 aliphatic rings. The summed E-state index contributed by atoms with van der Waals surface area (Å²) in [4.78, 5) is 24.7. The quantitative estimate of drug-likeness (QED) is 0.789. The maximum Gasteiger partial charge on any atom is 0.261 e. The number of benzene rings is 1. The number of ether oxygens (including phenoxy) is 2. The van der Waals surface area contributed by atoms with Crippen molar-refractivity contribution in [3.8, 4) is 11.5 Å². The van der Waals surface area contributed by atoms with Crippen molar-refractivity contribution in [1.82, 2.24) is 10.6 Å². The molecule has 6 nitrogen and oxygen atoms in total. The van der Waals surface area contributed by atoms with Crippen LogP contribution in [0.4, 0.5) is 0 Å². The average Bonchev–Trinajstić information content (AvgIpc) is 3.16. The summed E-state index contributed by atoms with van der Waals surface area (Å²) in [5, 5.41) is 7.82. The summed E-state index contributed by atoms with van der Waals surface area (Å²) < 4.78 is 11.0. The highest BCUT2D eigenvalue weighted by molar-refractivity contribution is 7.12. The van der Waals surface area contributed by atoms with Crippen LogP contribution in [0.5, 0.6) is 11.5 Å². The topological polar surface area (TPSA) is 76.7 Å². The van der Waals surface area contributed by atoms with Gasteiger partial charge in [0.2, 0.25) is 5.91 Å². The number of nitrogens with one attached hydrogen (secondary N) is 2. The molecule has 0 bridgehead atoms. The number of rotatable bonds is 6. The second kappa shape index (κ2) is 8.42. The Morgan fingerprint density at radius 2 is 2.12 bits per heavy atom. The van der Waals surface area contributed by atoms with Gasteiger partial charge in [0.25, 0.3) is 5.91 Å². The van der Waals surface area contributed by atoms with Gasteiger partial charge >= 0.3 is 0 Å². The normalized spacial score (nSPS) is 13.8. The first-order valence-electron chi connectivity index (χ1n) is 8.24. The van der Waals surface area contributed by atoms with Crippen LogP contribution in [-0.2, 0) is 11.2 Å². The summed E-state index contributed by atoms with van der Waals surface area (Å²) in [6.45, 7) is 3.05. The molecule has 8 heteroatoms. The lowest BCUT2D eigenvalue weighted by Gasteiger charge is -2.20. The van der Waals surface area contributed by atoms with E-state index in [2.05, 4.69) is 10.6 Å². The van der Waals surface area contributed by atoms with Gasteiger partial charge in [-0.2, -0.15) is 0 Å². The molecule has 1 aromatic carbocycles. The van der Waals surface area contributed by atoms with Crippen LogP contribution in [0.3, 0.4) is 0 Å². The highest BCUT2D eigenvalue weighted by atomic mass is 35.5. The zero-order valence-electron chi connectivity index (χ0n) is 14.2. The molecular weight excluding hydrogens is 376 g/mol. The van der Waals surface area contributed by atoms with Crippen molar-refractivity contribution >= 4 is 34.8 Å². The van der Waals surface area contributed by atoms with Crippen LogP contribution < -0.4 is 20.1 Å². The summed E-state index contributed by atoms with van der Waals surface area (Å²) in [6.07, 6.45) is 0.591. The lowest BCUT2D eigenvalue weighted by Crippen LogP contribution is -2.45. The molecule has 0 saturated carbocycles. The number of fused-ring (bicyclic) bond motifs is 1. The Hall–Kier alpha value is -2.25. The third-order valence-corrected chi connectivity index (χ3v) is 5.00. The zero-order chi connectivity index (χ0) is 18.5. The van der Waals surface area contributed by atoms with Crippen LogP contribution in [0.25, 0.3) is 0 Å². The Balaban J connectivity index is 1.49. The smallest absolute Gasteiger partial charge is 0.261 e. The summed E-state index contributed by atoms with van der Waals surface area (Å²) >= 11 is 7.54. The monoisotopic (exact) mass is 394 g/mol. The fourth-order valence-electron chi connectivity index (χ4n) is 2.53. The lowest BCUT2D eigenvalue weighted by atomic mass is 10.1. The summed E-state index contributed by atoms with van der Waals surface area (Å²) in [5.74, 6) is 0.706. The van der Waals surface area contributed by atoms with Crippen LogP contribution in [0.2, 0.25) is 5.02 Å². The molecule has 138 valence electrons. The molecule has 0 aliphatic carbocycles. The van der Waals surface area contributed by atoms with E-state index in [1.807, 2.05) is 17.5 Å².